The van der Waals surface area contributed by atoms with E-state index in [0.29, 0.717) is 17.5 Å². The summed E-state index contributed by atoms with van der Waals surface area (Å²) in [5.41, 5.74) is 1.89. The summed E-state index contributed by atoms with van der Waals surface area (Å²) in [5, 5.41) is 12.3. The highest BCUT2D eigenvalue weighted by Crippen LogP contribution is 2.09. The van der Waals surface area contributed by atoms with Gasteiger partial charge in [0.05, 0.1) is 0 Å². The number of nitrogens with one attached hydrogen (secondary N) is 1. The van der Waals surface area contributed by atoms with E-state index < -0.39 is 0 Å². The Morgan fingerprint density at radius 3 is 2.62 bits per heavy atom. The van der Waals surface area contributed by atoms with Crippen LogP contribution in [0.5, 0.6) is 0 Å². The van der Waals surface area contributed by atoms with Gasteiger partial charge in [0.1, 0.15) is 11.8 Å². The van der Waals surface area contributed by atoms with Crippen molar-refractivity contribution in [1.29, 1.82) is 5.26 Å². The SMILES string of the molecule is CC(C)C(C)CNCc1cc(C#N)n(C)c1. The first kappa shape index (κ1) is 12.8. The van der Waals surface area contributed by atoms with Crippen molar-refractivity contribution in [3.8, 4) is 6.07 Å². The molecular formula is C13H21N3. The molecule has 1 unspecified atom stereocenters. The second-order valence-corrected chi connectivity index (χ2v) is 4.81. The summed E-state index contributed by atoms with van der Waals surface area (Å²) in [7, 11) is 1.90. The van der Waals surface area contributed by atoms with Gasteiger partial charge in [-0.05, 0) is 30.0 Å². The average Bonchev–Trinajstić information content (AvgIpc) is 2.58. The van der Waals surface area contributed by atoms with Crippen molar-refractivity contribution in [2.24, 2.45) is 18.9 Å². The van der Waals surface area contributed by atoms with Gasteiger partial charge in [-0.2, -0.15) is 5.26 Å². The zero-order valence-electron chi connectivity index (χ0n) is 10.6. The number of nitrogens with zero attached hydrogens (tertiary/aromatic N) is 2. The quantitative estimate of drug-likeness (QED) is 0.825. The van der Waals surface area contributed by atoms with Gasteiger partial charge in [-0.1, -0.05) is 20.8 Å². The minimum atomic E-state index is 0.680. The van der Waals surface area contributed by atoms with Crippen molar-refractivity contribution in [3.63, 3.8) is 0 Å². The highest BCUT2D eigenvalue weighted by atomic mass is 14.9. The van der Waals surface area contributed by atoms with Crippen LogP contribution in [-0.4, -0.2) is 11.1 Å². The summed E-state index contributed by atoms with van der Waals surface area (Å²) in [6.45, 7) is 8.59. The molecule has 3 heteroatoms. The molecule has 0 spiro atoms. The lowest BCUT2D eigenvalue weighted by atomic mass is 9.98. The Morgan fingerprint density at radius 1 is 1.44 bits per heavy atom. The molecule has 0 saturated carbocycles. The first-order valence-corrected chi connectivity index (χ1v) is 5.80. The highest BCUT2D eigenvalue weighted by Gasteiger charge is 2.07. The molecule has 3 nitrogen and oxygen atoms in total. The molecule has 1 aromatic heterocycles. The van der Waals surface area contributed by atoms with E-state index in [4.69, 9.17) is 5.26 Å². The Kier molecular flexibility index (Phi) is 4.57. The molecule has 88 valence electrons. The van der Waals surface area contributed by atoms with E-state index in [1.807, 2.05) is 23.9 Å². The Balaban J connectivity index is 2.41. The van der Waals surface area contributed by atoms with E-state index in [1.165, 1.54) is 5.56 Å². The number of aromatic nitrogens is 1. The lowest BCUT2D eigenvalue weighted by molar-refractivity contribution is 0.392. The molecule has 1 atom stereocenters. The zero-order chi connectivity index (χ0) is 12.1. The number of aryl methyl sites for hydroxylation is 1. The predicted molar refractivity (Wildman–Crippen MR) is 65.8 cm³/mol. The zero-order valence-corrected chi connectivity index (χ0v) is 10.6. The summed E-state index contributed by atoms with van der Waals surface area (Å²) in [5.74, 6) is 1.39. The van der Waals surface area contributed by atoms with E-state index >= 15 is 0 Å². The van der Waals surface area contributed by atoms with Crippen molar-refractivity contribution in [2.75, 3.05) is 6.54 Å². The summed E-state index contributed by atoms with van der Waals surface area (Å²) in [4.78, 5) is 0. The van der Waals surface area contributed by atoms with Gasteiger partial charge in [-0.15, -0.1) is 0 Å². The van der Waals surface area contributed by atoms with Gasteiger partial charge in [0, 0.05) is 19.8 Å². The monoisotopic (exact) mass is 219 g/mol. The summed E-state index contributed by atoms with van der Waals surface area (Å²) >= 11 is 0. The van der Waals surface area contributed by atoms with Crippen LogP contribution in [0.25, 0.3) is 0 Å². The maximum Gasteiger partial charge on any atom is 0.120 e. The van der Waals surface area contributed by atoms with Crippen molar-refractivity contribution >= 4 is 0 Å². The Hall–Kier alpha value is -1.27. The van der Waals surface area contributed by atoms with E-state index in [1.54, 1.807) is 0 Å². The first-order valence-electron chi connectivity index (χ1n) is 5.80. The fourth-order valence-corrected chi connectivity index (χ4v) is 1.52. The van der Waals surface area contributed by atoms with Crippen LogP contribution in [0.1, 0.15) is 32.0 Å². The van der Waals surface area contributed by atoms with Gasteiger partial charge in [0.2, 0.25) is 0 Å². The van der Waals surface area contributed by atoms with Gasteiger partial charge in [-0.25, -0.2) is 0 Å². The van der Waals surface area contributed by atoms with Crippen LogP contribution in [0.15, 0.2) is 12.3 Å². The van der Waals surface area contributed by atoms with Crippen molar-refractivity contribution in [3.05, 3.63) is 23.5 Å². The first-order chi connectivity index (χ1) is 7.54. The van der Waals surface area contributed by atoms with Crippen LogP contribution in [0.4, 0.5) is 0 Å². The van der Waals surface area contributed by atoms with E-state index in [2.05, 4.69) is 32.2 Å². The molecule has 0 aliphatic heterocycles. The minimum absolute atomic E-state index is 0.680. The summed E-state index contributed by atoms with van der Waals surface area (Å²) < 4.78 is 1.86. The van der Waals surface area contributed by atoms with Crippen molar-refractivity contribution in [2.45, 2.75) is 27.3 Å². The second-order valence-electron chi connectivity index (χ2n) is 4.81. The van der Waals surface area contributed by atoms with Crippen LogP contribution in [0.3, 0.4) is 0 Å². The third-order valence-corrected chi connectivity index (χ3v) is 3.11. The topological polar surface area (TPSA) is 40.8 Å². The van der Waals surface area contributed by atoms with Gasteiger partial charge >= 0.3 is 0 Å². The molecular weight excluding hydrogens is 198 g/mol. The number of rotatable bonds is 5. The molecule has 0 radical (unpaired) electrons. The van der Waals surface area contributed by atoms with E-state index in [-0.39, 0.29) is 0 Å². The molecule has 0 amide bonds. The smallest absolute Gasteiger partial charge is 0.120 e. The lowest BCUT2D eigenvalue weighted by Gasteiger charge is -2.15. The normalized spacial score (nSPS) is 12.8. The molecule has 0 aliphatic rings. The molecule has 16 heavy (non-hydrogen) atoms. The van der Waals surface area contributed by atoms with Crippen LogP contribution in [-0.2, 0) is 13.6 Å². The Morgan fingerprint density at radius 2 is 2.12 bits per heavy atom. The Labute approximate surface area is 98.1 Å². The maximum atomic E-state index is 8.83. The van der Waals surface area contributed by atoms with Crippen LogP contribution in [0, 0.1) is 23.2 Å². The van der Waals surface area contributed by atoms with Gasteiger partial charge < -0.3 is 9.88 Å². The molecule has 0 saturated heterocycles. The van der Waals surface area contributed by atoms with Crippen LogP contribution >= 0.6 is 0 Å². The standard InChI is InChI=1S/C13H21N3/c1-10(2)11(3)7-15-8-12-5-13(6-14)16(4)9-12/h5,9-11,15H,7-8H2,1-4H3. The molecule has 1 rings (SSSR count). The Bertz CT molecular complexity index is 371. The average molecular weight is 219 g/mol. The molecule has 0 aliphatic carbocycles. The van der Waals surface area contributed by atoms with Crippen LogP contribution < -0.4 is 5.32 Å². The van der Waals surface area contributed by atoms with Gasteiger partial charge in [0.25, 0.3) is 0 Å². The third-order valence-electron chi connectivity index (χ3n) is 3.11. The van der Waals surface area contributed by atoms with Crippen LogP contribution in [0.2, 0.25) is 0 Å². The second kappa shape index (κ2) is 5.72. The molecule has 0 aromatic carbocycles. The van der Waals surface area contributed by atoms with Crippen molar-refractivity contribution in [1.82, 2.24) is 9.88 Å². The highest BCUT2D eigenvalue weighted by molar-refractivity contribution is 5.28. The summed E-state index contributed by atoms with van der Waals surface area (Å²) in [6.07, 6.45) is 2.01. The molecule has 1 aromatic rings. The van der Waals surface area contributed by atoms with Gasteiger partial charge in [-0.3, -0.25) is 0 Å². The van der Waals surface area contributed by atoms with E-state index in [0.717, 1.165) is 13.1 Å². The largest absolute Gasteiger partial charge is 0.342 e. The summed E-state index contributed by atoms with van der Waals surface area (Å²) in [6, 6.07) is 4.11. The number of hydrogen-bond donors (Lipinski definition) is 1. The number of nitriles is 1. The maximum absolute atomic E-state index is 8.83. The fourth-order valence-electron chi connectivity index (χ4n) is 1.52. The predicted octanol–water partition coefficient (Wildman–Crippen LogP) is 2.28. The molecule has 0 bridgehead atoms. The van der Waals surface area contributed by atoms with E-state index in [9.17, 15) is 0 Å². The molecule has 0 fully saturated rings. The fraction of sp³-hybridized carbons (Fsp3) is 0.615. The molecule has 1 N–H and O–H groups in total. The van der Waals surface area contributed by atoms with Crippen molar-refractivity contribution < 1.29 is 0 Å². The minimum Gasteiger partial charge on any atom is -0.342 e. The number of hydrogen-bond acceptors (Lipinski definition) is 2. The molecule has 1 heterocycles. The van der Waals surface area contributed by atoms with Gasteiger partial charge in [0.15, 0.2) is 0 Å². The third kappa shape index (κ3) is 3.39. The lowest BCUT2D eigenvalue weighted by Crippen LogP contribution is -2.23.